The third-order valence-corrected chi connectivity index (χ3v) is 7.44. The largest absolute Gasteiger partial charge is 0.310 e. The lowest BCUT2D eigenvalue weighted by atomic mass is 10.3. The van der Waals surface area contributed by atoms with Crippen LogP contribution in [0, 0.1) is 0 Å². The maximum Gasteiger partial charge on any atom is 0.252 e. The number of nitrogens with zero attached hydrogens (tertiary/aromatic N) is 2. The molecule has 118 valence electrons. The molecule has 1 aromatic rings. The van der Waals surface area contributed by atoms with E-state index in [1.54, 1.807) is 4.31 Å². The van der Waals surface area contributed by atoms with Crippen molar-refractivity contribution in [1.82, 2.24) is 14.5 Å². The van der Waals surface area contributed by atoms with Crippen LogP contribution in [0.5, 0.6) is 0 Å². The average Bonchev–Trinajstić information content (AvgIpc) is 3.20. The van der Waals surface area contributed by atoms with E-state index in [-0.39, 0.29) is 0 Å². The summed E-state index contributed by atoms with van der Waals surface area (Å²) in [6, 6.07) is 2.48. The Hall–Kier alpha value is -0.470. The van der Waals surface area contributed by atoms with Gasteiger partial charge in [0.25, 0.3) is 10.0 Å². The van der Waals surface area contributed by atoms with Gasteiger partial charge in [0.15, 0.2) is 0 Å². The van der Waals surface area contributed by atoms with Gasteiger partial charge in [-0.25, -0.2) is 8.42 Å². The van der Waals surface area contributed by atoms with Crippen molar-refractivity contribution in [3.63, 3.8) is 0 Å². The van der Waals surface area contributed by atoms with E-state index in [0.29, 0.717) is 23.3 Å². The Balaban J connectivity index is 1.68. The van der Waals surface area contributed by atoms with Gasteiger partial charge < -0.3 is 10.2 Å². The lowest BCUT2D eigenvalue weighted by Crippen LogP contribution is -2.34. The number of sulfonamides is 1. The van der Waals surface area contributed by atoms with Gasteiger partial charge in [-0.15, -0.1) is 11.3 Å². The third-order valence-electron chi connectivity index (χ3n) is 4.07. The number of hydrogen-bond acceptors (Lipinski definition) is 5. The molecular weight excluding hydrogens is 306 g/mol. The Morgan fingerprint density at radius 3 is 2.86 bits per heavy atom. The van der Waals surface area contributed by atoms with Crippen molar-refractivity contribution in [2.45, 2.75) is 36.1 Å². The molecule has 7 heteroatoms. The van der Waals surface area contributed by atoms with E-state index in [4.69, 9.17) is 0 Å². The zero-order valence-electron chi connectivity index (χ0n) is 12.4. The van der Waals surface area contributed by atoms with Gasteiger partial charge in [-0.1, -0.05) is 0 Å². The minimum Gasteiger partial charge on any atom is -0.310 e. The number of rotatable bonds is 5. The maximum absolute atomic E-state index is 12.7. The molecule has 2 fully saturated rings. The lowest BCUT2D eigenvalue weighted by Gasteiger charge is -2.19. The van der Waals surface area contributed by atoms with E-state index in [1.165, 1.54) is 24.2 Å². The fourth-order valence-electron chi connectivity index (χ4n) is 2.52. The standard InChI is InChI=1S/C14H23N3O2S2/c1-16-5-2-6-17(8-7-16)21(18,19)14-9-12(11-20-14)10-15-13-3-4-13/h9,11,13,15H,2-8,10H2,1H3. The molecule has 0 unspecified atom stereocenters. The van der Waals surface area contributed by atoms with Crippen LogP contribution >= 0.6 is 11.3 Å². The van der Waals surface area contributed by atoms with Gasteiger partial charge in [-0.3, -0.25) is 0 Å². The van der Waals surface area contributed by atoms with E-state index in [1.807, 2.05) is 18.5 Å². The first-order chi connectivity index (χ1) is 10.1. The Labute approximate surface area is 131 Å². The lowest BCUT2D eigenvalue weighted by molar-refractivity contribution is 0.347. The van der Waals surface area contributed by atoms with Gasteiger partial charge in [0, 0.05) is 32.2 Å². The van der Waals surface area contributed by atoms with E-state index in [0.717, 1.165) is 31.6 Å². The van der Waals surface area contributed by atoms with Crippen LogP contribution in [0.3, 0.4) is 0 Å². The summed E-state index contributed by atoms with van der Waals surface area (Å²) in [5.74, 6) is 0. The highest BCUT2D eigenvalue weighted by atomic mass is 32.2. The normalized spacial score (nSPS) is 22.3. The molecule has 0 spiro atoms. The molecule has 1 aromatic heterocycles. The van der Waals surface area contributed by atoms with Gasteiger partial charge in [0.05, 0.1) is 0 Å². The minimum absolute atomic E-state index is 0.486. The predicted molar refractivity (Wildman–Crippen MR) is 85.1 cm³/mol. The molecule has 5 nitrogen and oxygen atoms in total. The quantitative estimate of drug-likeness (QED) is 0.885. The Kier molecular flexibility index (Phi) is 4.66. The van der Waals surface area contributed by atoms with E-state index < -0.39 is 10.0 Å². The Morgan fingerprint density at radius 1 is 1.29 bits per heavy atom. The molecule has 2 aliphatic rings. The summed E-state index contributed by atoms with van der Waals surface area (Å²) in [6.45, 7) is 3.76. The summed E-state index contributed by atoms with van der Waals surface area (Å²) < 4.78 is 27.5. The van der Waals surface area contributed by atoms with Crippen LogP contribution in [-0.2, 0) is 16.6 Å². The van der Waals surface area contributed by atoms with Gasteiger partial charge >= 0.3 is 0 Å². The molecular formula is C14H23N3O2S2. The molecule has 1 saturated heterocycles. The van der Waals surface area contributed by atoms with E-state index in [2.05, 4.69) is 10.2 Å². The van der Waals surface area contributed by atoms with Crippen LogP contribution in [0.25, 0.3) is 0 Å². The van der Waals surface area contributed by atoms with Crippen LogP contribution in [0.4, 0.5) is 0 Å². The smallest absolute Gasteiger partial charge is 0.252 e. The summed E-state index contributed by atoms with van der Waals surface area (Å²) in [7, 11) is -1.27. The fraction of sp³-hybridized carbons (Fsp3) is 0.714. The van der Waals surface area contributed by atoms with Gasteiger partial charge in [-0.2, -0.15) is 4.31 Å². The molecule has 1 saturated carbocycles. The number of nitrogens with one attached hydrogen (secondary N) is 1. The van der Waals surface area contributed by atoms with E-state index >= 15 is 0 Å². The molecule has 0 aromatic carbocycles. The highest BCUT2D eigenvalue weighted by molar-refractivity contribution is 7.91. The molecule has 3 rings (SSSR count). The summed E-state index contributed by atoms with van der Waals surface area (Å²) in [4.78, 5) is 2.19. The highest BCUT2D eigenvalue weighted by Gasteiger charge is 2.28. The van der Waals surface area contributed by atoms with Crippen molar-refractivity contribution in [3.05, 3.63) is 17.0 Å². The Bertz CT molecular complexity index is 581. The fourth-order valence-corrected chi connectivity index (χ4v) is 5.35. The zero-order chi connectivity index (χ0) is 14.9. The second-order valence-corrected chi connectivity index (χ2v) is 9.07. The van der Waals surface area contributed by atoms with Crippen molar-refractivity contribution >= 4 is 21.4 Å². The van der Waals surface area contributed by atoms with E-state index in [9.17, 15) is 8.42 Å². The molecule has 2 heterocycles. The van der Waals surface area contributed by atoms with Crippen molar-refractivity contribution in [3.8, 4) is 0 Å². The van der Waals surface area contributed by atoms with Crippen LogP contribution in [0.15, 0.2) is 15.7 Å². The van der Waals surface area contributed by atoms with Crippen molar-refractivity contribution < 1.29 is 8.42 Å². The van der Waals surface area contributed by atoms with Crippen LogP contribution in [-0.4, -0.2) is 56.9 Å². The molecule has 1 aliphatic carbocycles. The third kappa shape index (κ3) is 3.84. The molecule has 1 aliphatic heterocycles. The second kappa shape index (κ2) is 6.34. The van der Waals surface area contributed by atoms with Gasteiger partial charge in [0.2, 0.25) is 0 Å². The summed E-state index contributed by atoms with van der Waals surface area (Å²) in [5, 5.41) is 5.39. The first kappa shape index (κ1) is 15.4. The minimum atomic E-state index is -3.31. The molecule has 0 bridgehead atoms. The molecule has 0 atom stereocenters. The van der Waals surface area contributed by atoms with Crippen molar-refractivity contribution in [2.75, 3.05) is 33.2 Å². The van der Waals surface area contributed by atoms with Crippen molar-refractivity contribution in [1.29, 1.82) is 0 Å². The number of likely N-dealkylation sites (N-methyl/N-ethyl adjacent to an activating group) is 1. The predicted octanol–water partition coefficient (Wildman–Crippen LogP) is 1.33. The van der Waals surface area contributed by atoms with Crippen molar-refractivity contribution in [2.24, 2.45) is 0 Å². The molecule has 1 N–H and O–H groups in total. The first-order valence-corrected chi connectivity index (χ1v) is 9.87. The van der Waals surface area contributed by atoms with Crippen LogP contribution < -0.4 is 5.32 Å². The van der Waals surface area contributed by atoms with Gasteiger partial charge in [0.1, 0.15) is 4.21 Å². The molecule has 0 amide bonds. The summed E-state index contributed by atoms with van der Waals surface area (Å²) in [6.07, 6.45) is 3.39. The average molecular weight is 329 g/mol. The first-order valence-electron chi connectivity index (χ1n) is 7.55. The molecule has 21 heavy (non-hydrogen) atoms. The molecule has 0 radical (unpaired) electrons. The van der Waals surface area contributed by atoms with Gasteiger partial charge in [-0.05, 0) is 49.9 Å². The zero-order valence-corrected chi connectivity index (χ0v) is 14.0. The monoisotopic (exact) mass is 329 g/mol. The second-order valence-electron chi connectivity index (χ2n) is 5.99. The summed E-state index contributed by atoms with van der Waals surface area (Å²) >= 11 is 1.35. The SMILES string of the molecule is CN1CCCN(S(=O)(=O)c2cc(CNC3CC3)cs2)CC1. The number of hydrogen-bond donors (Lipinski definition) is 1. The summed E-state index contributed by atoms with van der Waals surface area (Å²) in [5.41, 5.74) is 1.08. The number of thiophene rings is 1. The van der Waals surface area contributed by atoms with Crippen LogP contribution in [0.2, 0.25) is 0 Å². The highest BCUT2D eigenvalue weighted by Crippen LogP contribution is 2.26. The van der Waals surface area contributed by atoms with Crippen LogP contribution in [0.1, 0.15) is 24.8 Å². The Morgan fingerprint density at radius 2 is 2.10 bits per heavy atom. The topological polar surface area (TPSA) is 52.7 Å². The maximum atomic E-state index is 12.7.